The molecule has 18 heavy (non-hydrogen) atoms. The first kappa shape index (κ1) is 10.0. The van der Waals surface area contributed by atoms with Crippen LogP contribution in [0.25, 0.3) is 11.0 Å². The summed E-state index contributed by atoms with van der Waals surface area (Å²) < 4.78 is 0. The number of nitrogens with one attached hydrogen (secondary N) is 1. The highest BCUT2D eigenvalue weighted by atomic mass is 16.1. The molecule has 0 radical (unpaired) electrons. The number of aromatic nitrogens is 2. The Morgan fingerprint density at radius 1 is 1.39 bits per heavy atom. The van der Waals surface area contributed by atoms with Gasteiger partial charge in [-0.1, -0.05) is 6.07 Å². The topological polar surface area (TPSA) is 58.1 Å². The van der Waals surface area contributed by atoms with Gasteiger partial charge >= 0.3 is 0 Å². The first-order valence-corrected chi connectivity index (χ1v) is 6.40. The molecule has 0 spiro atoms. The highest BCUT2D eigenvalue weighted by molar-refractivity contribution is 5.76. The van der Waals surface area contributed by atoms with Gasteiger partial charge in [-0.25, -0.2) is 9.78 Å². The summed E-state index contributed by atoms with van der Waals surface area (Å²) in [6.07, 6.45) is 6.07. The number of nitrogens with zero attached hydrogens (tertiary/aromatic N) is 2. The van der Waals surface area contributed by atoms with Crippen molar-refractivity contribution in [1.29, 1.82) is 0 Å². The van der Waals surface area contributed by atoms with Crippen molar-refractivity contribution >= 4 is 17.1 Å². The molecule has 2 aliphatic carbocycles. The predicted octanol–water partition coefficient (Wildman–Crippen LogP) is 2.77. The summed E-state index contributed by atoms with van der Waals surface area (Å²) in [6, 6.07) is 6.14. The van der Waals surface area contributed by atoms with Crippen molar-refractivity contribution in [2.24, 2.45) is 4.99 Å². The average molecular weight is 239 g/mol. The summed E-state index contributed by atoms with van der Waals surface area (Å²) in [5.74, 6) is 1.73. The van der Waals surface area contributed by atoms with Gasteiger partial charge in [-0.15, -0.1) is 0 Å². The molecule has 90 valence electrons. The molecule has 1 aromatic carbocycles. The second-order valence-electron chi connectivity index (χ2n) is 5.36. The molecule has 2 aromatic rings. The van der Waals surface area contributed by atoms with Crippen LogP contribution in [0.5, 0.6) is 0 Å². The van der Waals surface area contributed by atoms with Gasteiger partial charge in [-0.3, -0.25) is 0 Å². The van der Waals surface area contributed by atoms with E-state index >= 15 is 0 Å². The molecule has 2 saturated carbocycles. The number of aromatic amines is 1. The number of isocyanates is 1. The third-order valence-corrected chi connectivity index (χ3v) is 3.98. The maximum atomic E-state index is 10.5. The SMILES string of the molecule is O=C=NC1(c2ccc3nc(C4CC4)[nH]c3c2)CC1. The smallest absolute Gasteiger partial charge is 0.235 e. The van der Waals surface area contributed by atoms with E-state index in [1.54, 1.807) is 6.08 Å². The molecule has 2 aliphatic rings. The Bertz CT molecular complexity index is 673. The van der Waals surface area contributed by atoms with Crippen LogP contribution >= 0.6 is 0 Å². The second-order valence-corrected chi connectivity index (χ2v) is 5.36. The number of hydrogen-bond acceptors (Lipinski definition) is 3. The first-order chi connectivity index (χ1) is 8.81. The highest BCUT2D eigenvalue weighted by Gasteiger charge is 2.45. The average Bonchev–Trinajstić information content (AvgIpc) is 3.28. The van der Waals surface area contributed by atoms with E-state index in [-0.39, 0.29) is 5.54 Å². The Morgan fingerprint density at radius 2 is 2.22 bits per heavy atom. The predicted molar refractivity (Wildman–Crippen MR) is 67.1 cm³/mol. The van der Waals surface area contributed by atoms with Crippen molar-refractivity contribution in [3.63, 3.8) is 0 Å². The molecule has 4 heteroatoms. The molecule has 2 fully saturated rings. The molecule has 0 saturated heterocycles. The van der Waals surface area contributed by atoms with Crippen molar-refractivity contribution in [1.82, 2.24) is 9.97 Å². The third kappa shape index (κ3) is 1.42. The zero-order valence-electron chi connectivity index (χ0n) is 9.94. The standard InChI is InChI=1S/C14H13N3O/c18-8-15-14(5-6-14)10-3-4-11-12(7-10)17-13(16-11)9-1-2-9/h3-4,7,9H,1-2,5-6H2,(H,16,17). The van der Waals surface area contributed by atoms with Gasteiger partial charge in [0.2, 0.25) is 6.08 Å². The molecule has 4 nitrogen and oxygen atoms in total. The number of hydrogen-bond donors (Lipinski definition) is 1. The highest BCUT2D eigenvalue weighted by Crippen LogP contribution is 2.49. The third-order valence-electron chi connectivity index (χ3n) is 3.98. The normalized spacial score (nSPS) is 20.7. The molecule has 1 N–H and O–H groups in total. The van der Waals surface area contributed by atoms with Crippen LogP contribution < -0.4 is 0 Å². The largest absolute Gasteiger partial charge is 0.342 e. The van der Waals surface area contributed by atoms with Crippen LogP contribution in [0.3, 0.4) is 0 Å². The van der Waals surface area contributed by atoms with Crippen LogP contribution in [0.4, 0.5) is 0 Å². The maximum Gasteiger partial charge on any atom is 0.235 e. The van der Waals surface area contributed by atoms with Crippen molar-refractivity contribution in [3.8, 4) is 0 Å². The Hall–Kier alpha value is -1.93. The molecule has 0 aliphatic heterocycles. The number of H-pyrrole nitrogens is 1. The van der Waals surface area contributed by atoms with E-state index in [2.05, 4.69) is 21.0 Å². The Balaban J connectivity index is 1.81. The van der Waals surface area contributed by atoms with Crippen molar-refractivity contribution in [3.05, 3.63) is 29.6 Å². The second kappa shape index (κ2) is 3.30. The summed E-state index contributed by atoms with van der Waals surface area (Å²) in [7, 11) is 0. The molecular weight excluding hydrogens is 226 g/mol. The fourth-order valence-corrected chi connectivity index (χ4v) is 2.54. The lowest BCUT2D eigenvalue weighted by atomic mass is 10.1. The zero-order chi connectivity index (χ0) is 12.2. The lowest BCUT2D eigenvalue weighted by Gasteiger charge is -2.07. The van der Waals surface area contributed by atoms with Gasteiger partial charge in [0, 0.05) is 5.92 Å². The van der Waals surface area contributed by atoms with E-state index in [9.17, 15) is 4.79 Å². The Kier molecular flexibility index (Phi) is 1.84. The minimum absolute atomic E-state index is 0.291. The molecular formula is C14H13N3O. The summed E-state index contributed by atoms with van der Waals surface area (Å²) in [4.78, 5) is 22.4. The lowest BCUT2D eigenvalue weighted by molar-refractivity contribution is 0.556. The van der Waals surface area contributed by atoms with E-state index in [1.807, 2.05) is 12.1 Å². The zero-order valence-corrected chi connectivity index (χ0v) is 9.94. The molecule has 0 unspecified atom stereocenters. The molecule has 0 atom stereocenters. The number of aliphatic imine (C=N–C) groups is 1. The van der Waals surface area contributed by atoms with Gasteiger partial charge in [0.1, 0.15) is 5.82 Å². The summed E-state index contributed by atoms with van der Waals surface area (Å²) >= 11 is 0. The molecule has 0 amide bonds. The van der Waals surface area contributed by atoms with Gasteiger partial charge in [0.15, 0.2) is 0 Å². The maximum absolute atomic E-state index is 10.5. The molecule has 4 rings (SSSR count). The van der Waals surface area contributed by atoms with Crippen LogP contribution in [0.15, 0.2) is 23.2 Å². The van der Waals surface area contributed by atoms with Crippen LogP contribution in [0.1, 0.15) is 43.0 Å². The van der Waals surface area contributed by atoms with Crippen molar-refractivity contribution < 1.29 is 4.79 Å². The molecule has 1 aromatic heterocycles. The number of rotatable bonds is 3. The minimum atomic E-state index is -0.291. The van der Waals surface area contributed by atoms with E-state index in [0.29, 0.717) is 5.92 Å². The lowest BCUT2D eigenvalue weighted by Crippen LogP contribution is -2.01. The van der Waals surface area contributed by atoms with Gasteiger partial charge in [-0.2, -0.15) is 4.99 Å². The van der Waals surface area contributed by atoms with E-state index in [1.165, 1.54) is 12.8 Å². The molecule has 1 heterocycles. The quantitative estimate of drug-likeness (QED) is 0.661. The first-order valence-electron chi connectivity index (χ1n) is 6.40. The fraction of sp³-hybridized carbons (Fsp3) is 0.429. The van der Waals surface area contributed by atoms with E-state index in [0.717, 1.165) is 35.3 Å². The minimum Gasteiger partial charge on any atom is -0.342 e. The Morgan fingerprint density at radius 3 is 2.89 bits per heavy atom. The van der Waals surface area contributed by atoms with Gasteiger partial charge in [-0.05, 0) is 43.4 Å². The van der Waals surface area contributed by atoms with Gasteiger partial charge < -0.3 is 4.98 Å². The van der Waals surface area contributed by atoms with Crippen LogP contribution in [-0.4, -0.2) is 16.0 Å². The number of imidazole rings is 1. The number of carbonyl (C=O) groups excluding carboxylic acids is 1. The summed E-state index contributed by atoms with van der Waals surface area (Å²) in [6.45, 7) is 0. The summed E-state index contributed by atoms with van der Waals surface area (Å²) in [5.41, 5.74) is 2.87. The fourth-order valence-electron chi connectivity index (χ4n) is 2.54. The van der Waals surface area contributed by atoms with E-state index in [4.69, 9.17) is 0 Å². The Labute approximate surface area is 104 Å². The summed E-state index contributed by atoms with van der Waals surface area (Å²) in [5, 5.41) is 0. The van der Waals surface area contributed by atoms with E-state index < -0.39 is 0 Å². The van der Waals surface area contributed by atoms with Crippen LogP contribution in [0.2, 0.25) is 0 Å². The molecule has 0 bridgehead atoms. The van der Waals surface area contributed by atoms with Crippen molar-refractivity contribution in [2.75, 3.05) is 0 Å². The van der Waals surface area contributed by atoms with Gasteiger partial charge in [0.25, 0.3) is 0 Å². The number of benzene rings is 1. The van der Waals surface area contributed by atoms with Crippen LogP contribution in [-0.2, 0) is 10.3 Å². The van der Waals surface area contributed by atoms with Gasteiger partial charge in [0.05, 0.1) is 16.6 Å². The van der Waals surface area contributed by atoms with Crippen molar-refractivity contribution in [2.45, 2.75) is 37.1 Å². The number of fused-ring (bicyclic) bond motifs is 1. The van der Waals surface area contributed by atoms with Crippen LogP contribution in [0, 0.1) is 0 Å². The monoisotopic (exact) mass is 239 g/mol.